The number of aliphatic hydroxyl groups is 1. The highest BCUT2D eigenvalue weighted by Gasteiger charge is 2.38. The van der Waals surface area contributed by atoms with Gasteiger partial charge in [-0.1, -0.05) is 24.3 Å². The number of isocyanates is 1. The molecule has 1 aromatic carbocycles. The molecular weight excluding hydrogens is 238 g/mol. The number of benzene rings is 1. The van der Waals surface area contributed by atoms with Gasteiger partial charge in [0, 0.05) is 0 Å². The van der Waals surface area contributed by atoms with Crippen LogP contribution in [0.5, 0.6) is 0 Å². The van der Waals surface area contributed by atoms with E-state index >= 15 is 0 Å². The molecule has 0 bridgehead atoms. The van der Waals surface area contributed by atoms with E-state index in [4.69, 9.17) is 0 Å². The molecule has 0 atom stereocenters. The van der Waals surface area contributed by atoms with Crippen LogP contribution in [0.3, 0.4) is 0 Å². The SMILES string of the molecule is CC(C)(O)CCc1ccc(C2(N=C=O)CCC2)cc1. The van der Waals surface area contributed by atoms with Crippen LogP contribution in [-0.2, 0) is 16.8 Å². The molecule has 1 N–H and O–H groups in total. The van der Waals surface area contributed by atoms with Crippen LogP contribution in [0.1, 0.15) is 50.7 Å². The van der Waals surface area contributed by atoms with Gasteiger partial charge in [-0.15, -0.1) is 0 Å². The molecule has 0 radical (unpaired) electrons. The maximum absolute atomic E-state index is 10.5. The maximum atomic E-state index is 10.5. The molecule has 0 unspecified atom stereocenters. The predicted molar refractivity (Wildman–Crippen MR) is 74.7 cm³/mol. The first-order valence-electron chi connectivity index (χ1n) is 6.86. The van der Waals surface area contributed by atoms with E-state index in [2.05, 4.69) is 29.3 Å². The molecule has 1 aliphatic rings. The Hall–Kier alpha value is -1.44. The van der Waals surface area contributed by atoms with Gasteiger partial charge in [0.15, 0.2) is 0 Å². The molecule has 1 saturated carbocycles. The van der Waals surface area contributed by atoms with Crippen molar-refractivity contribution in [2.45, 2.75) is 57.1 Å². The van der Waals surface area contributed by atoms with Crippen LogP contribution in [0.4, 0.5) is 0 Å². The molecule has 0 amide bonds. The molecule has 0 heterocycles. The van der Waals surface area contributed by atoms with Crippen molar-refractivity contribution in [1.82, 2.24) is 0 Å². The Bertz CT molecular complexity index is 474. The summed E-state index contributed by atoms with van der Waals surface area (Å²) in [6.07, 6.45) is 6.29. The predicted octanol–water partition coefficient (Wildman–Crippen LogP) is 3.11. The van der Waals surface area contributed by atoms with Crippen molar-refractivity contribution in [2.24, 2.45) is 4.99 Å². The van der Waals surface area contributed by atoms with E-state index in [1.807, 2.05) is 13.8 Å². The standard InChI is InChI=1S/C16H21NO2/c1-15(2,19)11-8-13-4-6-14(7-5-13)16(17-12-18)9-3-10-16/h4-7,19H,3,8-11H2,1-2H3. The average Bonchev–Trinajstić information content (AvgIpc) is 2.31. The van der Waals surface area contributed by atoms with Crippen LogP contribution in [0.2, 0.25) is 0 Å². The lowest BCUT2D eigenvalue weighted by atomic mass is 9.72. The summed E-state index contributed by atoms with van der Waals surface area (Å²) < 4.78 is 0. The van der Waals surface area contributed by atoms with E-state index in [1.54, 1.807) is 6.08 Å². The Morgan fingerprint density at radius 1 is 1.32 bits per heavy atom. The molecule has 0 aromatic heterocycles. The Morgan fingerprint density at radius 2 is 1.95 bits per heavy atom. The minimum Gasteiger partial charge on any atom is -0.390 e. The minimum atomic E-state index is -0.629. The lowest BCUT2D eigenvalue weighted by molar-refractivity contribution is 0.0714. The third-order valence-corrected chi connectivity index (χ3v) is 3.96. The summed E-state index contributed by atoms with van der Waals surface area (Å²) in [5.74, 6) is 0. The highest BCUT2D eigenvalue weighted by atomic mass is 16.3. The van der Waals surface area contributed by atoms with Crippen LogP contribution in [0, 0.1) is 0 Å². The second kappa shape index (κ2) is 5.28. The summed E-state index contributed by atoms with van der Waals surface area (Å²) in [6.45, 7) is 3.65. The molecule has 1 aliphatic carbocycles. The van der Waals surface area contributed by atoms with E-state index in [-0.39, 0.29) is 5.54 Å². The fourth-order valence-electron chi connectivity index (χ4n) is 2.50. The number of aliphatic imine (C=N–C) groups is 1. The Morgan fingerprint density at radius 3 is 2.37 bits per heavy atom. The van der Waals surface area contributed by atoms with Crippen LogP contribution in [0.15, 0.2) is 29.3 Å². The number of nitrogens with zero attached hydrogens (tertiary/aromatic N) is 1. The molecule has 0 aliphatic heterocycles. The molecule has 0 spiro atoms. The highest BCUT2D eigenvalue weighted by molar-refractivity contribution is 5.40. The molecule has 3 nitrogen and oxygen atoms in total. The second-order valence-electron chi connectivity index (χ2n) is 6.10. The van der Waals surface area contributed by atoms with Crippen molar-refractivity contribution < 1.29 is 9.90 Å². The normalized spacial score (nSPS) is 17.4. The largest absolute Gasteiger partial charge is 0.390 e. The van der Waals surface area contributed by atoms with Gasteiger partial charge < -0.3 is 5.11 Å². The fraction of sp³-hybridized carbons (Fsp3) is 0.562. The number of aryl methyl sites for hydroxylation is 1. The summed E-state index contributed by atoms with van der Waals surface area (Å²) in [6, 6.07) is 8.25. The molecule has 2 rings (SSSR count). The molecular formula is C16H21NO2. The first-order valence-corrected chi connectivity index (χ1v) is 6.86. The first kappa shape index (κ1) is 14.0. The zero-order valence-electron chi connectivity index (χ0n) is 11.6. The maximum Gasteiger partial charge on any atom is 0.235 e. The van der Waals surface area contributed by atoms with Gasteiger partial charge in [0.05, 0.1) is 11.1 Å². The zero-order chi connectivity index (χ0) is 13.9. The van der Waals surface area contributed by atoms with E-state index in [9.17, 15) is 9.90 Å². The average molecular weight is 259 g/mol. The van der Waals surface area contributed by atoms with Crippen LogP contribution >= 0.6 is 0 Å². The van der Waals surface area contributed by atoms with Gasteiger partial charge in [-0.2, -0.15) is 4.99 Å². The number of carbonyl (C=O) groups excluding carboxylic acids is 1. The molecule has 0 saturated heterocycles. The van der Waals surface area contributed by atoms with Gasteiger partial charge in [0.2, 0.25) is 6.08 Å². The lowest BCUT2D eigenvalue weighted by Crippen LogP contribution is -2.31. The highest BCUT2D eigenvalue weighted by Crippen LogP contribution is 2.44. The molecule has 1 fully saturated rings. The molecule has 1 aromatic rings. The third-order valence-electron chi connectivity index (χ3n) is 3.96. The van der Waals surface area contributed by atoms with Crippen molar-refractivity contribution in [3.8, 4) is 0 Å². The quantitative estimate of drug-likeness (QED) is 0.652. The summed E-state index contributed by atoms with van der Waals surface area (Å²) >= 11 is 0. The third kappa shape index (κ3) is 3.31. The fourth-order valence-corrected chi connectivity index (χ4v) is 2.50. The Balaban J connectivity index is 2.08. The van der Waals surface area contributed by atoms with Crippen molar-refractivity contribution in [1.29, 1.82) is 0 Å². The van der Waals surface area contributed by atoms with Gasteiger partial charge in [-0.3, -0.25) is 0 Å². The second-order valence-corrected chi connectivity index (χ2v) is 6.10. The summed E-state index contributed by atoms with van der Waals surface area (Å²) in [4.78, 5) is 14.5. The monoisotopic (exact) mass is 259 g/mol. The van der Waals surface area contributed by atoms with E-state index in [0.29, 0.717) is 0 Å². The first-order chi connectivity index (χ1) is 8.95. The van der Waals surface area contributed by atoms with Crippen molar-refractivity contribution in [3.05, 3.63) is 35.4 Å². The molecule has 3 heteroatoms. The Kier molecular flexibility index (Phi) is 3.88. The molecule has 102 valence electrons. The van der Waals surface area contributed by atoms with Crippen molar-refractivity contribution in [2.75, 3.05) is 0 Å². The smallest absolute Gasteiger partial charge is 0.235 e. The number of rotatable bonds is 5. The minimum absolute atomic E-state index is 0.309. The van der Waals surface area contributed by atoms with Gasteiger partial charge >= 0.3 is 0 Å². The van der Waals surface area contributed by atoms with E-state index in [0.717, 1.165) is 37.7 Å². The van der Waals surface area contributed by atoms with Gasteiger partial charge in [-0.25, -0.2) is 4.79 Å². The van der Waals surface area contributed by atoms with E-state index < -0.39 is 5.60 Å². The summed E-state index contributed by atoms with van der Waals surface area (Å²) in [5.41, 5.74) is 1.37. The summed E-state index contributed by atoms with van der Waals surface area (Å²) in [7, 11) is 0. The van der Waals surface area contributed by atoms with Crippen LogP contribution in [-0.4, -0.2) is 16.8 Å². The van der Waals surface area contributed by atoms with Gasteiger partial charge in [-0.05, 0) is 57.1 Å². The van der Waals surface area contributed by atoms with Crippen LogP contribution < -0.4 is 0 Å². The summed E-state index contributed by atoms with van der Waals surface area (Å²) in [5, 5.41) is 9.72. The van der Waals surface area contributed by atoms with Crippen LogP contribution in [0.25, 0.3) is 0 Å². The number of hydrogen-bond donors (Lipinski definition) is 1. The zero-order valence-corrected chi connectivity index (χ0v) is 11.6. The molecule has 19 heavy (non-hydrogen) atoms. The van der Waals surface area contributed by atoms with Crippen molar-refractivity contribution >= 4 is 6.08 Å². The number of hydrogen-bond acceptors (Lipinski definition) is 3. The Labute approximate surface area is 114 Å². The van der Waals surface area contributed by atoms with E-state index in [1.165, 1.54) is 5.56 Å². The lowest BCUT2D eigenvalue weighted by Gasteiger charge is -2.37. The topological polar surface area (TPSA) is 49.7 Å². The van der Waals surface area contributed by atoms with Crippen molar-refractivity contribution in [3.63, 3.8) is 0 Å². The van der Waals surface area contributed by atoms with Gasteiger partial charge in [0.25, 0.3) is 0 Å². The van der Waals surface area contributed by atoms with Gasteiger partial charge in [0.1, 0.15) is 0 Å².